The zero-order chi connectivity index (χ0) is 36.9. The molecule has 3 fully saturated rings. The molecule has 0 unspecified atom stereocenters. The van der Waals surface area contributed by atoms with Crippen LogP contribution in [0.15, 0.2) is 76.6 Å². The predicted molar refractivity (Wildman–Crippen MR) is 179 cm³/mol. The van der Waals surface area contributed by atoms with Crippen molar-refractivity contribution >= 4 is 63.8 Å². The molecule has 2 saturated carbocycles. The Labute approximate surface area is 303 Å². The Morgan fingerprint density at radius 3 is 2.27 bits per heavy atom. The van der Waals surface area contributed by atoms with E-state index in [4.69, 9.17) is 16.3 Å². The van der Waals surface area contributed by atoms with Gasteiger partial charge in [-0.05, 0) is 66.6 Å². The SMILES string of the molecule is O=C(COc1ccc(Cl)cc1[C@@H]1c2sc(=O)[nH]c2S[C@@H]2[C@@H]3C[C@@H]([C@@H]4C(=O)N(c5ccccc5C(F)(F)F)C(=O)[C@@H]34)[C@H]12)Nc1ccccc1C(F)(F)F. The molecule has 1 saturated heterocycles. The van der Waals surface area contributed by atoms with Crippen LogP contribution in [-0.4, -0.2) is 34.6 Å². The first kappa shape index (κ1) is 34.8. The Bertz CT molecular complexity index is 2210. The number of carbonyl (C=O) groups is 3. The van der Waals surface area contributed by atoms with E-state index in [9.17, 15) is 45.5 Å². The molecule has 8 nitrogen and oxygen atoms in total. The number of aromatic amines is 1. The Morgan fingerprint density at radius 2 is 1.56 bits per heavy atom. The number of alkyl halides is 6. The highest BCUT2D eigenvalue weighted by atomic mass is 35.5. The number of anilines is 2. The number of ether oxygens (including phenoxy) is 1. The van der Waals surface area contributed by atoms with Crippen LogP contribution in [0, 0.1) is 29.6 Å². The summed E-state index contributed by atoms with van der Waals surface area (Å²) < 4.78 is 88.6. The quantitative estimate of drug-likeness (QED) is 0.153. The third-order valence-corrected chi connectivity index (χ3v) is 13.2. The normalized spacial score (nSPS) is 26.3. The second-order valence-electron chi connectivity index (χ2n) is 13.0. The van der Waals surface area contributed by atoms with Gasteiger partial charge in [-0.1, -0.05) is 47.2 Å². The van der Waals surface area contributed by atoms with Crippen LogP contribution < -0.4 is 19.8 Å². The number of amides is 3. The summed E-state index contributed by atoms with van der Waals surface area (Å²) in [6.07, 6.45) is -9.09. The van der Waals surface area contributed by atoms with Gasteiger partial charge in [0.05, 0.1) is 39.4 Å². The number of benzene rings is 3. The summed E-state index contributed by atoms with van der Waals surface area (Å²) in [6.45, 7) is -0.691. The van der Waals surface area contributed by atoms with Crippen LogP contribution in [0.1, 0.15) is 33.9 Å². The van der Waals surface area contributed by atoms with Crippen LogP contribution in [-0.2, 0) is 26.7 Å². The number of hydrogen-bond donors (Lipinski definition) is 2. The third kappa shape index (κ3) is 5.61. The van der Waals surface area contributed by atoms with E-state index in [1.807, 2.05) is 0 Å². The van der Waals surface area contributed by atoms with E-state index in [0.29, 0.717) is 26.8 Å². The number of fused-ring (bicyclic) bond motifs is 9. The fourth-order valence-electron chi connectivity index (χ4n) is 8.57. The van der Waals surface area contributed by atoms with E-state index in [-0.39, 0.29) is 20.9 Å². The fraction of sp³-hybridized carbons (Fsp3) is 0.314. The fourth-order valence-corrected chi connectivity index (χ4v) is 11.6. The van der Waals surface area contributed by atoms with Gasteiger partial charge in [0.25, 0.3) is 5.91 Å². The number of para-hydroxylation sites is 2. The highest BCUT2D eigenvalue weighted by Crippen LogP contribution is 2.69. The van der Waals surface area contributed by atoms with Gasteiger partial charge in [-0.15, -0.1) is 11.8 Å². The van der Waals surface area contributed by atoms with Crippen molar-refractivity contribution in [1.82, 2.24) is 4.98 Å². The van der Waals surface area contributed by atoms with E-state index in [1.54, 1.807) is 6.07 Å². The Morgan fingerprint density at radius 1 is 0.904 bits per heavy atom. The average molecular weight is 780 g/mol. The molecular formula is C35H24ClF6N3O5S2. The minimum Gasteiger partial charge on any atom is -0.483 e. The molecule has 2 aliphatic carbocycles. The van der Waals surface area contributed by atoms with Crippen LogP contribution in [0.2, 0.25) is 5.02 Å². The van der Waals surface area contributed by atoms with E-state index in [0.717, 1.165) is 35.6 Å². The molecule has 2 N–H and O–H groups in total. The Balaban J connectivity index is 1.14. The number of aromatic nitrogens is 1. The molecule has 2 aliphatic heterocycles. The van der Waals surface area contributed by atoms with Gasteiger partial charge in [-0.25, -0.2) is 4.90 Å². The van der Waals surface area contributed by atoms with Crippen molar-refractivity contribution in [2.24, 2.45) is 29.6 Å². The van der Waals surface area contributed by atoms with Crippen LogP contribution in [0.3, 0.4) is 0 Å². The van der Waals surface area contributed by atoms with Crippen molar-refractivity contribution in [2.75, 3.05) is 16.8 Å². The van der Waals surface area contributed by atoms with Crippen LogP contribution in [0.4, 0.5) is 37.7 Å². The number of rotatable bonds is 6. The average Bonchev–Trinajstić information content (AvgIpc) is 3.82. The van der Waals surface area contributed by atoms with Crippen molar-refractivity contribution in [3.63, 3.8) is 0 Å². The van der Waals surface area contributed by atoms with E-state index in [1.165, 1.54) is 48.2 Å². The maximum absolute atomic E-state index is 14.1. The lowest BCUT2D eigenvalue weighted by molar-refractivity contribution is -0.138. The number of thiazole rings is 1. The highest BCUT2D eigenvalue weighted by Gasteiger charge is 2.70. The molecule has 270 valence electrons. The molecule has 4 aromatic rings. The molecule has 1 aromatic heterocycles. The third-order valence-electron chi connectivity index (χ3n) is 10.3. The zero-order valence-electron chi connectivity index (χ0n) is 26.3. The lowest BCUT2D eigenvalue weighted by Gasteiger charge is -2.43. The molecule has 17 heteroatoms. The van der Waals surface area contributed by atoms with E-state index in [2.05, 4.69) is 10.3 Å². The van der Waals surface area contributed by atoms with Gasteiger partial charge in [-0.2, -0.15) is 26.3 Å². The minimum absolute atomic E-state index is 0.153. The molecule has 0 spiro atoms. The van der Waals surface area contributed by atoms with Crippen molar-refractivity contribution < 1.29 is 45.5 Å². The molecule has 4 aliphatic rings. The molecule has 2 bridgehead atoms. The molecule has 3 aromatic carbocycles. The number of nitrogens with zero attached hydrogens (tertiary/aromatic N) is 1. The van der Waals surface area contributed by atoms with Gasteiger partial charge in [0.2, 0.25) is 11.8 Å². The molecule has 8 rings (SSSR count). The van der Waals surface area contributed by atoms with Crippen LogP contribution >= 0.6 is 34.7 Å². The standard InChI is InChI=1S/C35H24ClF6N3O5S2/c36-14-9-10-22(50-13-23(46)43-20-7-3-1-5-18(20)34(37,38)39)15(11-14)24-25-16-12-17(28(25)51-30-29(24)52-33(49)44-30)27-26(16)31(47)45(32(27)48)21-8-4-2-6-19(21)35(40,41)42/h1-11,16-17,24-28H,12-13H2,(H,43,46)(H,44,49)/t16-,17-,24+,25-,26+,27+,28-/m1/s1. The summed E-state index contributed by atoms with van der Waals surface area (Å²) >= 11 is 8.78. The second-order valence-corrected chi connectivity index (χ2v) is 15.7. The monoisotopic (exact) mass is 779 g/mol. The topological polar surface area (TPSA) is 109 Å². The summed E-state index contributed by atoms with van der Waals surface area (Å²) in [6, 6.07) is 13.5. The summed E-state index contributed by atoms with van der Waals surface area (Å²) in [5.74, 6) is -5.85. The Hall–Kier alpha value is -4.28. The molecule has 7 atom stereocenters. The summed E-state index contributed by atoms with van der Waals surface area (Å²) in [4.78, 5) is 57.4. The smallest absolute Gasteiger partial charge is 0.418 e. The van der Waals surface area contributed by atoms with Crippen molar-refractivity contribution in [2.45, 2.75) is 35.0 Å². The summed E-state index contributed by atoms with van der Waals surface area (Å²) in [5, 5.41) is 2.71. The summed E-state index contributed by atoms with van der Waals surface area (Å²) in [5.41, 5.74) is -2.65. The van der Waals surface area contributed by atoms with Crippen molar-refractivity contribution in [1.29, 1.82) is 0 Å². The lowest BCUT2D eigenvalue weighted by Crippen LogP contribution is -2.42. The summed E-state index contributed by atoms with van der Waals surface area (Å²) in [7, 11) is 0. The molecule has 52 heavy (non-hydrogen) atoms. The highest BCUT2D eigenvalue weighted by molar-refractivity contribution is 8.00. The van der Waals surface area contributed by atoms with Gasteiger partial charge >= 0.3 is 17.2 Å². The van der Waals surface area contributed by atoms with Gasteiger partial charge in [0, 0.05) is 26.6 Å². The number of imide groups is 1. The molecule has 3 heterocycles. The number of carbonyl (C=O) groups excluding carboxylic acids is 3. The molecular weight excluding hydrogens is 756 g/mol. The Kier molecular flexibility index (Phi) is 8.30. The van der Waals surface area contributed by atoms with Crippen molar-refractivity contribution in [3.8, 4) is 5.75 Å². The molecule has 0 radical (unpaired) electrons. The number of nitrogens with one attached hydrogen (secondary N) is 2. The first-order valence-electron chi connectivity index (χ1n) is 16.0. The maximum Gasteiger partial charge on any atom is 0.418 e. The lowest BCUT2D eigenvalue weighted by atomic mass is 9.68. The van der Waals surface area contributed by atoms with E-state index < -0.39 is 94.7 Å². The van der Waals surface area contributed by atoms with Crippen LogP contribution in [0.5, 0.6) is 5.75 Å². The van der Waals surface area contributed by atoms with Gasteiger partial charge in [0.15, 0.2) is 6.61 Å². The van der Waals surface area contributed by atoms with Crippen LogP contribution in [0.25, 0.3) is 0 Å². The number of thioether (sulfide) groups is 1. The molecule has 3 amide bonds. The first-order valence-corrected chi connectivity index (χ1v) is 18.0. The predicted octanol–water partition coefficient (Wildman–Crippen LogP) is 7.82. The zero-order valence-corrected chi connectivity index (χ0v) is 28.6. The van der Waals surface area contributed by atoms with E-state index >= 15 is 0 Å². The number of H-pyrrole nitrogens is 1. The van der Waals surface area contributed by atoms with Gasteiger partial charge in [0.1, 0.15) is 5.75 Å². The maximum atomic E-state index is 14.1. The minimum atomic E-state index is -4.81. The second kappa shape index (κ2) is 12.4. The van der Waals surface area contributed by atoms with Crippen molar-refractivity contribution in [3.05, 3.63) is 103 Å². The number of halogens is 7. The number of hydrogen-bond acceptors (Lipinski definition) is 7. The van der Waals surface area contributed by atoms with Gasteiger partial charge < -0.3 is 15.0 Å². The first-order chi connectivity index (χ1) is 24.6. The van der Waals surface area contributed by atoms with Gasteiger partial charge in [-0.3, -0.25) is 19.2 Å². The largest absolute Gasteiger partial charge is 0.483 e.